The SMILES string of the molecule is COc1ccc(CC(N)COc2cncc(-c3ccc4n[nH]c(C)c4c3)c2)cc1. The van der Waals surface area contributed by atoms with Gasteiger partial charge in [-0.15, -0.1) is 0 Å². The molecule has 0 saturated carbocycles. The molecule has 0 radical (unpaired) electrons. The van der Waals surface area contributed by atoms with Gasteiger partial charge in [0.15, 0.2) is 0 Å². The Morgan fingerprint density at radius 2 is 1.83 bits per heavy atom. The molecule has 6 nitrogen and oxygen atoms in total. The van der Waals surface area contributed by atoms with Gasteiger partial charge in [-0.2, -0.15) is 5.10 Å². The monoisotopic (exact) mass is 388 g/mol. The Morgan fingerprint density at radius 1 is 1.00 bits per heavy atom. The number of hydrogen-bond acceptors (Lipinski definition) is 5. The summed E-state index contributed by atoms with van der Waals surface area (Å²) < 4.78 is 11.1. The topological polar surface area (TPSA) is 86.1 Å². The van der Waals surface area contributed by atoms with E-state index in [1.54, 1.807) is 13.3 Å². The molecule has 0 bridgehead atoms. The fourth-order valence-corrected chi connectivity index (χ4v) is 3.30. The van der Waals surface area contributed by atoms with Crippen molar-refractivity contribution < 1.29 is 9.47 Å². The van der Waals surface area contributed by atoms with Gasteiger partial charge in [0, 0.05) is 28.9 Å². The third kappa shape index (κ3) is 4.38. The fraction of sp³-hybridized carbons (Fsp3) is 0.217. The highest BCUT2D eigenvalue weighted by atomic mass is 16.5. The molecule has 0 aliphatic rings. The zero-order chi connectivity index (χ0) is 20.2. The van der Waals surface area contributed by atoms with Crippen molar-refractivity contribution in [1.82, 2.24) is 15.2 Å². The summed E-state index contributed by atoms with van der Waals surface area (Å²) in [6.45, 7) is 2.43. The summed E-state index contributed by atoms with van der Waals surface area (Å²) in [5, 5.41) is 8.40. The first-order valence-electron chi connectivity index (χ1n) is 9.54. The molecule has 4 rings (SSSR count). The van der Waals surface area contributed by atoms with Gasteiger partial charge >= 0.3 is 0 Å². The molecular formula is C23H24N4O2. The molecule has 4 aromatic rings. The van der Waals surface area contributed by atoms with E-state index in [4.69, 9.17) is 15.2 Å². The number of nitrogens with two attached hydrogens (primary N) is 1. The second-order valence-electron chi connectivity index (χ2n) is 7.11. The lowest BCUT2D eigenvalue weighted by atomic mass is 10.0. The number of nitrogens with one attached hydrogen (secondary N) is 1. The highest BCUT2D eigenvalue weighted by Crippen LogP contribution is 2.27. The minimum Gasteiger partial charge on any atom is -0.497 e. The molecular weight excluding hydrogens is 364 g/mol. The first-order chi connectivity index (χ1) is 14.1. The summed E-state index contributed by atoms with van der Waals surface area (Å²) in [5.74, 6) is 1.54. The summed E-state index contributed by atoms with van der Waals surface area (Å²) in [6.07, 6.45) is 4.28. The summed E-state index contributed by atoms with van der Waals surface area (Å²) >= 11 is 0. The lowest BCUT2D eigenvalue weighted by Gasteiger charge is -2.14. The molecule has 29 heavy (non-hydrogen) atoms. The van der Waals surface area contributed by atoms with Crippen molar-refractivity contribution in [1.29, 1.82) is 0 Å². The van der Waals surface area contributed by atoms with Crippen molar-refractivity contribution in [3.63, 3.8) is 0 Å². The second-order valence-corrected chi connectivity index (χ2v) is 7.11. The Balaban J connectivity index is 1.42. The number of fused-ring (bicyclic) bond motifs is 1. The molecule has 0 fully saturated rings. The molecule has 2 aromatic heterocycles. The number of benzene rings is 2. The molecule has 1 atom stereocenters. The number of aromatic nitrogens is 3. The van der Waals surface area contributed by atoms with Crippen LogP contribution in [-0.2, 0) is 6.42 Å². The van der Waals surface area contributed by atoms with Crippen molar-refractivity contribution in [3.05, 3.63) is 72.2 Å². The average molecular weight is 388 g/mol. The number of aromatic amines is 1. The van der Waals surface area contributed by atoms with Crippen LogP contribution in [0.25, 0.3) is 22.0 Å². The van der Waals surface area contributed by atoms with E-state index < -0.39 is 0 Å². The summed E-state index contributed by atoms with van der Waals surface area (Å²) in [6, 6.07) is 16.0. The molecule has 0 saturated heterocycles. The molecule has 2 heterocycles. The largest absolute Gasteiger partial charge is 0.497 e. The van der Waals surface area contributed by atoms with E-state index in [2.05, 4.69) is 21.2 Å². The van der Waals surface area contributed by atoms with Gasteiger partial charge in [0.2, 0.25) is 0 Å². The van der Waals surface area contributed by atoms with E-state index in [9.17, 15) is 0 Å². The zero-order valence-electron chi connectivity index (χ0n) is 16.6. The zero-order valence-corrected chi connectivity index (χ0v) is 16.6. The Hall–Kier alpha value is -3.38. The van der Waals surface area contributed by atoms with Crippen LogP contribution in [0.15, 0.2) is 60.9 Å². The van der Waals surface area contributed by atoms with E-state index >= 15 is 0 Å². The maximum absolute atomic E-state index is 6.25. The van der Waals surface area contributed by atoms with E-state index in [1.807, 2.05) is 55.6 Å². The third-order valence-electron chi connectivity index (χ3n) is 4.91. The maximum atomic E-state index is 6.25. The van der Waals surface area contributed by atoms with Crippen LogP contribution in [0.4, 0.5) is 0 Å². The van der Waals surface area contributed by atoms with Gasteiger partial charge in [-0.05, 0) is 54.8 Å². The highest BCUT2D eigenvalue weighted by molar-refractivity contribution is 5.86. The average Bonchev–Trinajstić information content (AvgIpc) is 3.13. The third-order valence-corrected chi connectivity index (χ3v) is 4.91. The van der Waals surface area contributed by atoms with E-state index in [-0.39, 0.29) is 6.04 Å². The first-order valence-corrected chi connectivity index (χ1v) is 9.54. The minimum atomic E-state index is -0.114. The van der Waals surface area contributed by atoms with E-state index in [0.29, 0.717) is 12.4 Å². The van der Waals surface area contributed by atoms with Crippen LogP contribution in [0.2, 0.25) is 0 Å². The number of rotatable bonds is 7. The van der Waals surface area contributed by atoms with Gasteiger partial charge in [-0.25, -0.2) is 0 Å². The first kappa shape index (κ1) is 19.0. The van der Waals surface area contributed by atoms with Gasteiger partial charge in [0.1, 0.15) is 18.1 Å². The van der Waals surface area contributed by atoms with Crippen LogP contribution in [0, 0.1) is 6.92 Å². The number of nitrogens with zero attached hydrogens (tertiary/aromatic N) is 2. The van der Waals surface area contributed by atoms with Gasteiger partial charge in [-0.3, -0.25) is 10.1 Å². The lowest BCUT2D eigenvalue weighted by Crippen LogP contribution is -2.30. The standard InChI is InChI=1S/C23H24N4O2/c1-15-22-11-17(5-8-23(22)27-26-15)18-10-21(13-25-12-18)29-14-19(24)9-16-3-6-20(28-2)7-4-16/h3-8,10-13,19H,9,14,24H2,1-2H3,(H,26,27). The summed E-state index contributed by atoms with van der Waals surface area (Å²) in [4.78, 5) is 4.33. The smallest absolute Gasteiger partial charge is 0.138 e. The molecule has 0 aliphatic heterocycles. The van der Waals surface area contributed by atoms with Gasteiger partial charge in [0.25, 0.3) is 0 Å². The van der Waals surface area contributed by atoms with Crippen LogP contribution in [0.3, 0.4) is 0 Å². The maximum Gasteiger partial charge on any atom is 0.138 e. The van der Waals surface area contributed by atoms with Crippen molar-refractivity contribution in [2.75, 3.05) is 13.7 Å². The van der Waals surface area contributed by atoms with Crippen LogP contribution in [0.1, 0.15) is 11.3 Å². The van der Waals surface area contributed by atoms with Crippen molar-refractivity contribution in [2.24, 2.45) is 5.73 Å². The van der Waals surface area contributed by atoms with Gasteiger partial charge in [-0.1, -0.05) is 18.2 Å². The predicted octanol–water partition coefficient (Wildman–Crippen LogP) is 3.89. The Labute approximate surface area is 169 Å². The number of aryl methyl sites for hydroxylation is 1. The predicted molar refractivity (Wildman–Crippen MR) is 114 cm³/mol. The normalized spacial score (nSPS) is 12.1. The van der Waals surface area contributed by atoms with Gasteiger partial charge < -0.3 is 15.2 Å². The lowest BCUT2D eigenvalue weighted by molar-refractivity contribution is 0.286. The molecule has 0 spiro atoms. The Kier molecular flexibility index (Phi) is 5.44. The van der Waals surface area contributed by atoms with Crippen LogP contribution >= 0.6 is 0 Å². The summed E-state index contributed by atoms with van der Waals surface area (Å²) in [7, 11) is 1.66. The molecule has 0 amide bonds. The van der Waals surface area contributed by atoms with Crippen LogP contribution < -0.4 is 15.2 Å². The number of methoxy groups -OCH3 is 1. The number of pyridine rings is 1. The highest BCUT2D eigenvalue weighted by Gasteiger charge is 2.09. The molecule has 148 valence electrons. The molecule has 6 heteroatoms. The van der Waals surface area contributed by atoms with Crippen LogP contribution in [0.5, 0.6) is 11.5 Å². The van der Waals surface area contributed by atoms with Crippen molar-refractivity contribution in [2.45, 2.75) is 19.4 Å². The second kappa shape index (κ2) is 8.32. The quantitative estimate of drug-likeness (QED) is 0.502. The minimum absolute atomic E-state index is 0.114. The molecule has 1 unspecified atom stereocenters. The number of ether oxygens (including phenoxy) is 2. The fourth-order valence-electron chi connectivity index (χ4n) is 3.30. The van der Waals surface area contributed by atoms with Crippen molar-refractivity contribution >= 4 is 10.9 Å². The molecule has 0 aliphatic carbocycles. The van der Waals surface area contributed by atoms with E-state index in [1.165, 1.54) is 0 Å². The molecule has 3 N–H and O–H groups in total. The van der Waals surface area contributed by atoms with Crippen LogP contribution in [-0.4, -0.2) is 34.9 Å². The Morgan fingerprint density at radius 3 is 2.62 bits per heavy atom. The van der Waals surface area contributed by atoms with E-state index in [0.717, 1.165) is 45.5 Å². The molecule has 2 aromatic carbocycles. The summed E-state index contributed by atoms with van der Waals surface area (Å²) in [5.41, 5.74) is 11.5. The Bertz CT molecular complexity index is 1110. The van der Waals surface area contributed by atoms with Gasteiger partial charge in [0.05, 0.1) is 18.8 Å². The number of hydrogen-bond donors (Lipinski definition) is 2. The number of H-pyrrole nitrogens is 1. The van der Waals surface area contributed by atoms with Crippen molar-refractivity contribution in [3.8, 4) is 22.6 Å².